The summed E-state index contributed by atoms with van der Waals surface area (Å²) in [7, 11) is 0. The average molecular weight is 258 g/mol. The minimum Gasteiger partial charge on any atom is -0.329 e. The number of hydrogen-bond donors (Lipinski definition) is 1. The van der Waals surface area contributed by atoms with Crippen molar-refractivity contribution < 1.29 is 9.18 Å². The standard InChI is InChI=1S/C13H17ClFNO/c1-3-13(2,8-16)11(17)7-9-5-4-6-10(15)12(9)14/h4-6H,3,7-8,16H2,1-2H3. The first kappa shape index (κ1) is 14.1. The number of carbonyl (C=O) groups is 1. The second-order valence-corrected chi connectivity index (χ2v) is 4.81. The van der Waals surface area contributed by atoms with Gasteiger partial charge in [-0.1, -0.05) is 37.6 Å². The van der Waals surface area contributed by atoms with Gasteiger partial charge in [0.1, 0.15) is 11.6 Å². The van der Waals surface area contributed by atoms with Crippen molar-refractivity contribution in [1.82, 2.24) is 0 Å². The summed E-state index contributed by atoms with van der Waals surface area (Å²) in [6.07, 6.45) is 0.785. The molecule has 0 saturated carbocycles. The molecule has 0 amide bonds. The van der Waals surface area contributed by atoms with Gasteiger partial charge in [-0.2, -0.15) is 0 Å². The minimum absolute atomic E-state index is 0.00463. The summed E-state index contributed by atoms with van der Waals surface area (Å²) in [6, 6.07) is 4.49. The lowest BCUT2D eigenvalue weighted by Gasteiger charge is -2.24. The zero-order chi connectivity index (χ0) is 13.1. The lowest BCUT2D eigenvalue weighted by Crippen LogP contribution is -2.36. The Balaban J connectivity index is 2.92. The maximum atomic E-state index is 13.2. The van der Waals surface area contributed by atoms with Gasteiger partial charge in [-0.15, -0.1) is 0 Å². The van der Waals surface area contributed by atoms with E-state index in [1.165, 1.54) is 6.07 Å². The number of benzene rings is 1. The molecule has 1 aromatic rings. The number of carbonyl (C=O) groups excluding carboxylic acids is 1. The Labute approximate surface area is 106 Å². The highest BCUT2D eigenvalue weighted by molar-refractivity contribution is 6.31. The van der Waals surface area contributed by atoms with Crippen molar-refractivity contribution in [3.8, 4) is 0 Å². The Bertz CT molecular complexity index is 416. The molecule has 17 heavy (non-hydrogen) atoms. The van der Waals surface area contributed by atoms with E-state index in [1.807, 2.05) is 13.8 Å². The van der Waals surface area contributed by atoms with Crippen LogP contribution in [0.5, 0.6) is 0 Å². The van der Waals surface area contributed by atoms with E-state index in [0.717, 1.165) is 0 Å². The summed E-state index contributed by atoms with van der Waals surface area (Å²) in [5.41, 5.74) is 5.57. The molecule has 1 atom stereocenters. The van der Waals surface area contributed by atoms with Crippen molar-refractivity contribution in [1.29, 1.82) is 0 Å². The fraction of sp³-hybridized carbons (Fsp3) is 0.462. The highest BCUT2D eigenvalue weighted by Gasteiger charge is 2.29. The first-order valence-corrected chi connectivity index (χ1v) is 5.98. The van der Waals surface area contributed by atoms with Crippen LogP contribution in [-0.4, -0.2) is 12.3 Å². The third kappa shape index (κ3) is 3.05. The molecule has 1 aromatic carbocycles. The molecule has 0 bridgehead atoms. The van der Waals surface area contributed by atoms with E-state index in [-0.39, 0.29) is 23.8 Å². The monoisotopic (exact) mass is 257 g/mol. The fourth-order valence-corrected chi connectivity index (χ4v) is 1.72. The normalized spacial score (nSPS) is 14.4. The van der Waals surface area contributed by atoms with Crippen molar-refractivity contribution in [2.24, 2.45) is 11.1 Å². The Morgan fingerprint density at radius 2 is 2.18 bits per heavy atom. The predicted octanol–water partition coefficient (Wildman–Crippen LogP) is 2.97. The number of ketones is 1. The number of halogens is 2. The third-order valence-electron chi connectivity index (χ3n) is 3.29. The van der Waals surface area contributed by atoms with Crippen LogP contribution < -0.4 is 5.73 Å². The molecule has 2 nitrogen and oxygen atoms in total. The first-order valence-electron chi connectivity index (χ1n) is 5.61. The summed E-state index contributed by atoms with van der Waals surface area (Å²) >= 11 is 5.82. The molecule has 0 aliphatic rings. The Kier molecular flexibility index (Phi) is 4.66. The van der Waals surface area contributed by atoms with Gasteiger partial charge in [-0.3, -0.25) is 4.79 Å². The van der Waals surface area contributed by atoms with Gasteiger partial charge in [-0.25, -0.2) is 4.39 Å². The van der Waals surface area contributed by atoms with Crippen molar-refractivity contribution >= 4 is 17.4 Å². The zero-order valence-electron chi connectivity index (χ0n) is 10.1. The molecule has 0 spiro atoms. The molecule has 4 heteroatoms. The summed E-state index contributed by atoms with van der Waals surface area (Å²) in [6.45, 7) is 4.02. The maximum absolute atomic E-state index is 13.2. The van der Waals surface area contributed by atoms with Crippen LogP contribution in [0.25, 0.3) is 0 Å². The molecule has 0 aromatic heterocycles. The zero-order valence-corrected chi connectivity index (χ0v) is 10.9. The average Bonchev–Trinajstić information content (AvgIpc) is 2.33. The van der Waals surface area contributed by atoms with E-state index in [9.17, 15) is 9.18 Å². The molecule has 0 aliphatic carbocycles. The molecule has 0 heterocycles. The second-order valence-electron chi connectivity index (χ2n) is 4.43. The van der Waals surface area contributed by atoms with Gasteiger partial charge in [-0.05, 0) is 18.1 Å². The van der Waals surface area contributed by atoms with Gasteiger partial charge >= 0.3 is 0 Å². The maximum Gasteiger partial charge on any atom is 0.144 e. The van der Waals surface area contributed by atoms with Gasteiger partial charge in [0, 0.05) is 18.4 Å². The van der Waals surface area contributed by atoms with Gasteiger partial charge in [0.05, 0.1) is 5.02 Å². The van der Waals surface area contributed by atoms with E-state index in [0.29, 0.717) is 12.0 Å². The van der Waals surface area contributed by atoms with Crippen LogP contribution in [0.3, 0.4) is 0 Å². The summed E-state index contributed by atoms with van der Waals surface area (Å²) in [4.78, 5) is 12.1. The number of nitrogens with two attached hydrogens (primary N) is 1. The quantitative estimate of drug-likeness (QED) is 0.881. The van der Waals surface area contributed by atoms with Gasteiger partial charge in [0.25, 0.3) is 0 Å². The lowest BCUT2D eigenvalue weighted by atomic mass is 9.80. The van der Waals surface area contributed by atoms with E-state index in [4.69, 9.17) is 17.3 Å². The summed E-state index contributed by atoms with van der Waals surface area (Å²) in [5.74, 6) is -0.502. The van der Waals surface area contributed by atoms with Crippen LogP contribution in [0, 0.1) is 11.2 Å². The molecule has 1 unspecified atom stereocenters. The predicted molar refractivity (Wildman–Crippen MR) is 67.6 cm³/mol. The molecular weight excluding hydrogens is 241 g/mol. The molecule has 0 saturated heterocycles. The van der Waals surface area contributed by atoms with Crippen LogP contribution in [-0.2, 0) is 11.2 Å². The van der Waals surface area contributed by atoms with E-state index in [2.05, 4.69) is 0 Å². The smallest absolute Gasteiger partial charge is 0.144 e. The Hall–Kier alpha value is -0.930. The molecule has 94 valence electrons. The Morgan fingerprint density at radius 3 is 2.71 bits per heavy atom. The van der Waals surface area contributed by atoms with Crippen molar-refractivity contribution in [3.63, 3.8) is 0 Å². The number of Topliss-reactive ketones (excluding diaryl/α,β-unsaturated/α-hetero) is 1. The molecule has 0 radical (unpaired) electrons. The molecule has 2 N–H and O–H groups in total. The molecular formula is C13H17ClFNO. The van der Waals surface area contributed by atoms with Crippen molar-refractivity contribution in [3.05, 3.63) is 34.6 Å². The van der Waals surface area contributed by atoms with Gasteiger partial charge < -0.3 is 5.73 Å². The van der Waals surface area contributed by atoms with Crippen LogP contribution >= 0.6 is 11.6 Å². The molecule has 0 fully saturated rings. The number of hydrogen-bond acceptors (Lipinski definition) is 2. The Morgan fingerprint density at radius 1 is 1.53 bits per heavy atom. The van der Waals surface area contributed by atoms with Crippen molar-refractivity contribution in [2.75, 3.05) is 6.54 Å². The third-order valence-corrected chi connectivity index (χ3v) is 3.71. The lowest BCUT2D eigenvalue weighted by molar-refractivity contribution is -0.126. The summed E-state index contributed by atoms with van der Waals surface area (Å²) < 4.78 is 13.2. The van der Waals surface area contributed by atoms with E-state index < -0.39 is 11.2 Å². The van der Waals surface area contributed by atoms with Gasteiger partial charge in [0.15, 0.2) is 0 Å². The van der Waals surface area contributed by atoms with E-state index >= 15 is 0 Å². The molecule has 0 aliphatic heterocycles. The molecule has 1 rings (SSSR count). The number of rotatable bonds is 5. The fourth-order valence-electron chi connectivity index (χ4n) is 1.53. The summed E-state index contributed by atoms with van der Waals surface area (Å²) in [5, 5.41) is 0.0244. The topological polar surface area (TPSA) is 43.1 Å². The largest absolute Gasteiger partial charge is 0.329 e. The highest BCUT2D eigenvalue weighted by atomic mass is 35.5. The van der Waals surface area contributed by atoms with Crippen LogP contribution in [0.2, 0.25) is 5.02 Å². The SMILES string of the molecule is CCC(C)(CN)C(=O)Cc1cccc(F)c1Cl. The first-order chi connectivity index (χ1) is 7.94. The highest BCUT2D eigenvalue weighted by Crippen LogP contribution is 2.26. The minimum atomic E-state index is -0.560. The second kappa shape index (κ2) is 5.61. The van der Waals surface area contributed by atoms with Crippen molar-refractivity contribution in [2.45, 2.75) is 26.7 Å². The van der Waals surface area contributed by atoms with Crippen LogP contribution in [0.4, 0.5) is 4.39 Å². The van der Waals surface area contributed by atoms with Gasteiger partial charge in [0.2, 0.25) is 0 Å². The van der Waals surface area contributed by atoms with Crippen LogP contribution in [0.1, 0.15) is 25.8 Å². The van der Waals surface area contributed by atoms with E-state index in [1.54, 1.807) is 12.1 Å². The van der Waals surface area contributed by atoms with Crippen LogP contribution in [0.15, 0.2) is 18.2 Å².